The molecular weight excluding hydrogens is 614 g/mol. The van der Waals surface area contributed by atoms with Gasteiger partial charge < -0.3 is 20.1 Å². The number of amides is 2. The summed E-state index contributed by atoms with van der Waals surface area (Å²) in [5.41, 5.74) is 3.01. The van der Waals surface area contributed by atoms with Gasteiger partial charge in [-0.05, 0) is 105 Å². The largest absolute Gasteiger partial charge is 0.490 e. The molecule has 3 aliphatic rings. The normalized spacial score (nSPS) is 23.6. The number of hydrogen-bond donors (Lipinski definition) is 3. The van der Waals surface area contributed by atoms with Crippen LogP contribution in [0.25, 0.3) is 0 Å². The number of sulfonamides is 1. The first-order valence-electron chi connectivity index (χ1n) is 15.6. The molecule has 1 fully saturated rings. The second-order valence-corrected chi connectivity index (χ2v) is 15.2. The lowest BCUT2D eigenvalue weighted by Gasteiger charge is -2.46. The van der Waals surface area contributed by atoms with Crippen molar-refractivity contribution in [1.29, 1.82) is 0 Å². The number of rotatable bonds is 11. The molecule has 0 bridgehead atoms. The molecule has 2 aromatic carbocycles. The van der Waals surface area contributed by atoms with E-state index >= 15 is 0 Å². The molecule has 242 valence electrons. The molecule has 9 nitrogen and oxygen atoms in total. The Kier molecular flexibility index (Phi) is 9.84. The van der Waals surface area contributed by atoms with Crippen LogP contribution in [0.5, 0.6) is 5.75 Å². The van der Waals surface area contributed by atoms with Crippen LogP contribution in [0.15, 0.2) is 61.7 Å². The van der Waals surface area contributed by atoms with Crippen LogP contribution in [-0.4, -0.2) is 56.5 Å². The molecule has 1 saturated carbocycles. The van der Waals surface area contributed by atoms with Crippen LogP contribution in [0.4, 0.5) is 10.5 Å². The van der Waals surface area contributed by atoms with Gasteiger partial charge in [0.1, 0.15) is 5.75 Å². The number of carboxylic acid groups (broad SMARTS) is 1. The topological polar surface area (TPSA) is 125 Å². The van der Waals surface area contributed by atoms with Gasteiger partial charge in [0.15, 0.2) is 0 Å². The van der Waals surface area contributed by atoms with Crippen molar-refractivity contribution >= 4 is 39.3 Å². The van der Waals surface area contributed by atoms with Crippen molar-refractivity contribution in [3.63, 3.8) is 0 Å². The van der Waals surface area contributed by atoms with E-state index in [9.17, 15) is 23.1 Å². The molecule has 1 heterocycles. The summed E-state index contributed by atoms with van der Waals surface area (Å²) in [5.74, 6) is 0.165. The summed E-state index contributed by atoms with van der Waals surface area (Å²) < 4.78 is 34.6. The highest BCUT2D eigenvalue weighted by molar-refractivity contribution is 7.90. The van der Waals surface area contributed by atoms with Gasteiger partial charge in [0.2, 0.25) is 10.0 Å². The molecule has 3 N–H and O–H groups in total. The lowest BCUT2D eigenvalue weighted by atomic mass is 9.68. The lowest BCUT2D eigenvalue weighted by Crippen LogP contribution is -2.51. The molecule has 1 spiro atoms. The fourth-order valence-electron chi connectivity index (χ4n) is 7.11. The number of carbonyl (C=O) groups excluding carboxylic acids is 1. The van der Waals surface area contributed by atoms with Gasteiger partial charge in [-0.2, -0.15) is 0 Å². The molecule has 1 aliphatic heterocycles. The first kappa shape index (κ1) is 32.9. The Morgan fingerprint density at radius 3 is 2.71 bits per heavy atom. The Hall–Kier alpha value is -3.50. The van der Waals surface area contributed by atoms with Crippen molar-refractivity contribution in [1.82, 2.24) is 10.0 Å². The molecule has 5 rings (SSSR count). The summed E-state index contributed by atoms with van der Waals surface area (Å²) in [6, 6.07) is 10.7. The minimum absolute atomic E-state index is 0.0771. The first-order valence-corrected chi connectivity index (χ1v) is 17.5. The highest BCUT2D eigenvalue weighted by Gasteiger charge is 2.44. The summed E-state index contributed by atoms with van der Waals surface area (Å²) in [6.45, 7) is 10.8. The number of nitrogens with one attached hydrogen (secondary N) is 2. The molecule has 45 heavy (non-hydrogen) atoms. The van der Waals surface area contributed by atoms with E-state index < -0.39 is 27.3 Å². The molecular formula is C34H42ClN3O6S. The molecule has 0 aromatic heterocycles. The Morgan fingerprint density at radius 1 is 1.22 bits per heavy atom. The summed E-state index contributed by atoms with van der Waals surface area (Å²) >= 11 is 6.38. The fourth-order valence-corrected chi connectivity index (χ4v) is 8.33. The van der Waals surface area contributed by atoms with E-state index in [-0.39, 0.29) is 28.9 Å². The summed E-state index contributed by atoms with van der Waals surface area (Å²) in [4.78, 5) is 27.1. The lowest BCUT2D eigenvalue weighted by molar-refractivity contribution is 0.0981. The monoisotopic (exact) mass is 655 g/mol. The number of carbonyl (C=O) groups is 2. The van der Waals surface area contributed by atoms with Crippen molar-refractivity contribution < 1.29 is 27.9 Å². The smallest absolute Gasteiger partial charge is 0.405 e. The molecule has 2 amide bonds. The zero-order valence-electron chi connectivity index (χ0n) is 25.6. The molecule has 11 heteroatoms. The van der Waals surface area contributed by atoms with Gasteiger partial charge in [0, 0.05) is 29.1 Å². The predicted octanol–water partition coefficient (Wildman–Crippen LogP) is 6.08. The average Bonchev–Trinajstić information content (AvgIpc) is 3.13. The molecule has 0 saturated heterocycles. The number of ether oxygens (including phenoxy) is 1. The van der Waals surface area contributed by atoms with Gasteiger partial charge in [-0.3, -0.25) is 4.79 Å². The van der Waals surface area contributed by atoms with Gasteiger partial charge in [0.25, 0.3) is 5.91 Å². The van der Waals surface area contributed by atoms with Crippen molar-refractivity contribution in [2.45, 2.75) is 68.6 Å². The zero-order chi connectivity index (χ0) is 32.4. The van der Waals surface area contributed by atoms with Crippen molar-refractivity contribution in [2.75, 3.05) is 24.6 Å². The van der Waals surface area contributed by atoms with Crippen LogP contribution in [-0.2, 0) is 21.9 Å². The van der Waals surface area contributed by atoms with E-state index in [1.54, 1.807) is 37.3 Å². The van der Waals surface area contributed by atoms with E-state index in [2.05, 4.69) is 34.2 Å². The SMILES string of the molecule is C=CCCC(C)S(=O)(=O)NC(=O)c1ccc2c(c1)N(C[C@@H]1CC[C@H]1C(C=C)NC(=O)O)C[C@@]1(CCCc3cc(Cl)ccc31)CO2. The number of anilines is 1. The van der Waals surface area contributed by atoms with Crippen molar-refractivity contribution in [3.8, 4) is 5.75 Å². The van der Waals surface area contributed by atoms with Crippen LogP contribution in [0.1, 0.15) is 66.9 Å². The highest BCUT2D eigenvalue weighted by atomic mass is 35.5. The zero-order valence-corrected chi connectivity index (χ0v) is 27.2. The number of hydrogen-bond acceptors (Lipinski definition) is 6. The van der Waals surface area contributed by atoms with Crippen LogP contribution >= 0.6 is 11.6 Å². The van der Waals surface area contributed by atoms with Gasteiger partial charge in [-0.1, -0.05) is 29.8 Å². The molecule has 0 radical (unpaired) electrons. The van der Waals surface area contributed by atoms with Crippen LogP contribution < -0.4 is 19.7 Å². The molecule has 2 unspecified atom stereocenters. The summed E-state index contributed by atoms with van der Waals surface area (Å²) in [5, 5.41) is 11.9. The van der Waals surface area contributed by atoms with Gasteiger partial charge in [0.05, 0.1) is 23.6 Å². The molecule has 2 aromatic rings. The number of nitrogens with zero attached hydrogens (tertiary/aromatic N) is 1. The highest BCUT2D eigenvalue weighted by Crippen LogP contribution is 2.46. The number of allylic oxidation sites excluding steroid dienone is 1. The standard InChI is InChI=1S/C34H42ClN3O6S/c1-4-6-8-22(3)45(42,43)37-32(39)24-11-15-31-30(18-24)38(19-25-10-13-27(25)29(5-2)36-33(40)41)20-34(21-44-31)16-7-9-23-17-26(35)12-14-28(23)34/h4-5,11-12,14-15,17-18,22,25,27,29,36H,1-2,6-10,13,16,19-21H2,3H3,(H,37,39)(H,40,41)/t22?,25-,27+,29?,34-/m0/s1. The van der Waals surface area contributed by atoms with Crippen molar-refractivity contribution in [3.05, 3.63) is 83.4 Å². The average molecular weight is 656 g/mol. The third-order valence-electron chi connectivity index (χ3n) is 9.78. The van der Waals surface area contributed by atoms with Gasteiger partial charge in [-0.25, -0.2) is 17.9 Å². The molecule has 2 aliphatic carbocycles. The maximum atomic E-state index is 13.3. The Bertz CT molecular complexity index is 1580. The van der Waals surface area contributed by atoms with E-state index in [1.165, 1.54) is 11.1 Å². The van der Waals surface area contributed by atoms with E-state index in [4.69, 9.17) is 16.3 Å². The number of benzene rings is 2. The second kappa shape index (κ2) is 13.5. The first-order chi connectivity index (χ1) is 21.5. The maximum absolute atomic E-state index is 13.3. The second-order valence-electron chi connectivity index (χ2n) is 12.7. The quantitative estimate of drug-likeness (QED) is 0.251. The minimum Gasteiger partial charge on any atom is -0.490 e. The minimum atomic E-state index is -3.89. The van der Waals surface area contributed by atoms with Crippen LogP contribution in [0, 0.1) is 11.8 Å². The maximum Gasteiger partial charge on any atom is 0.405 e. The predicted molar refractivity (Wildman–Crippen MR) is 177 cm³/mol. The third kappa shape index (κ3) is 7.02. The number of halogens is 1. The summed E-state index contributed by atoms with van der Waals surface area (Å²) in [6.07, 6.45) is 7.72. The fraction of sp³-hybridized carbons (Fsp3) is 0.471. The van der Waals surface area contributed by atoms with E-state index in [1.807, 2.05) is 12.1 Å². The Balaban J connectivity index is 1.49. The van der Waals surface area contributed by atoms with E-state index in [0.29, 0.717) is 49.0 Å². The van der Waals surface area contributed by atoms with Crippen LogP contribution in [0.2, 0.25) is 5.02 Å². The summed E-state index contributed by atoms with van der Waals surface area (Å²) in [7, 11) is -3.89. The van der Waals surface area contributed by atoms with Crippen LogP contribution in [0.3, 0.4) is 0 Å². The number of fused-ring (bicyclic) bond motifs is 3. The van der Waals surface area contributed by atoms with Gasteiger partial charge in [-0.15, -0.1) is 13.2 Å². The van der Waals surface area contributed by atoms with Crippen molar-refractivity contribution in [2.24, 2.45) is 11.8 Å². The Labute approximate surface area is 270 Å². The molecule has 5 atom stereocenters. The number of aryl methyl sites for hydroxylation is 1. The van der Waals surface area contributed by atoms with Gasteiger partial charge >= 0.3 is 6.09 Å². The Morgan fingerprint density at radius 2 is 2.02 bits per heavy atom. The van der Waals surface area contributed by atoms with E-state index in [0.717, 1.165) is 32.1 Å². The third-order valence-corrected chi connectivity index (χ3v) is 11.8.